The highest BCUT2D eigenvalue weighted by molar-refractivity contribution is 7.18. The summed E-state index contributed by atoms with van der Waals surface area (Å²) < 4.78 is 32.7. The highest BCUT2D eigenvalue weighted by atomic mass is 32.1. The molecular weight excluding hydrogens is 624 g/mol. The molecule has 2 aliphatic rings. The van der Waals surface area contributed by atoms with Crippen molar-refractivity contribution in [1.82, 2.24) is 19.8 Å². The number of halogens is 1. The number of nitrogens with zero attached hydrogens (tertiary/aromatic N) is 4. The van der Waals surface area contributed by atoms with Gasteiger partial charge in [-0.25, -0.2) is 19.2 Å². The first-order valence-electron chi connectivity index (χ1n) is 16.1. The molecule has 2 aliphatic heterocycles. The van der Waals surface area contributed by atoms with E-state index in [-0.39, 0.29) is 11.9 Å². The number of carbonyl (C=O) groups is 1. The molecule has 0 radical (unpaired) electrons. The fourth-order valence-corrected chi connectivity index (χ4v) is 8.37. The molecule has 0 atom stereocenters. The predicted molar refractivity (Wildman–Crippen MR) is 183 cm³/mol. The van der Waals surface area contributed by atoms with E-state index in [0.717, 1.165) is 74.1 Å². The molecule has 3 aromatic heterocycles. The van der Waals surface area contributed by atoms with Crippen molar-refractivity contribution in [2.75, 3.05) is 40.0 Å². The average molecular weight is 667 g/mol. The maximum Gasteiger partial charge on any atom is 0.410 e. The number of ether oxygens (including phenoxy) is 3. The second-order valence-corrected chi connectivity index (χ2v) is 15.3. The standard InChI is InChI=1S/C35H43FN4O4S2/c1-21(2)39-13-9-22(10-14-39)30-25-12-18-45-32(25)29(24-8-7-23(36)19-27(24)43-17-16-42-6)31(38-30)33-37-26-11-15-40(20-28(26)46-33)34(41)44-35(3,4)5/h7-8,12,18-19,21-22H,9-11,13-17,20H2,1-6H3. The SMILES string of the molecule is COCCOc1cc(F)ccc1-c1c(-c2nc3c(s2)CN(C(=O)OC(C)(C)C)CC3)nc(C2CCN(C(C)C)CC2)c2ccsc12. The van der Waals surface area contributed by atoms with Gasteiger partial charge in [0.25, 0.3) is 0 Å². The van der Waals surface area contributed by atoms with Crippen LogP contribution in [0.1, 0.15) is 69.6 Å². The zero-order valence-electron chi connectivity index (χ0n) is 27.5. The van der Waals surface area contributed by atoms with Crippen LogP contribution in [-0.2, 0) is 22.4 Å². The lowest BCUT2D eigenvalue weighted by atomic mass is 9.89. The van der Waals surface area contributed by atoms with E-state index in [1.807, 2.05) is 20.8 Å². The third kappa shape index (κ3) is 6.93. The topological polar surface area (TPSA) is 77.0 Å². The number of rotatable bonds is 8. The summed E-state index contributed by atoms with van der Waals surface area (Å²) in [5.41, 5.74) is 3.98. The van der Waals surface area contributed by atoms with Gasteiger partial charge in [0.2, 0.25) is 0 Å². The van der Waals surface area contributed by atoms with E-state index in [0.29, 0.717) is 50.4 Å². The molecule has 6 rings (SSSR count). The largest absolute Gasteiger partial charge is 0.490 e. The first kappa shape index (κ1) is 32.8. The van der Waals surface area contributed by atoms with Gasteiger partial charge in [0, 0.05) is 64.2 Å². The molecule has 1 aromatic carbocycles. The number of hydrogen-bond donors (Lipinski definition) is 0. The Kier molecular flexibility index (Phi) is 9.66. The number of fused-ring (bicyclic) bond motifs is 2. The quantitative estimate of drug-likeness (QED) is 0.176. The van der Waals surface area contributed by atoms with Gasteiger partial charge >= 0.3 is 6.09 Å². The first-order chi connectivity index (χ1) is 22.0. The monoisotopic (exact) mass is 666 g/mol. The molecule has 5 heterocycles. The molecule has 4 aromatic rings. The van der Waals surface area contributed by atoms with E-state index >= 15 is 0 Å². The lowest BCUT2D eigenvalue weighted by Crippen LogP contribution is -2.39. The summed E-state index contributed by atoms with van der Waals surface area (Å²) in [6.07, 6.45) is 2.40. The molecule has 0 N–H and O–H groups in total. The Labute approximate surface area is 278 Å². The van der Waals surface area contributed by atoms with Gasteiger partial charge in [-0.1, -0.05) is 0 Å². The van der Waals surface area contributed by atoms with E-state index in [4.69, 9.17) is 24.2 Å². The number of aromatic nitrogens is 2. The maximum absolute atomic E-state index is 14.6. The molecule has 0 bridgehead atoms. The van der Waals surface area contributed by atoms with Crippen LogP contribution in [0.5, 0.6) is 5.75 Å². The molecule has 1 fully saturated rings. The van der Waals surface area contributed by atoms with Gasteiger partial charge in [0.15, 0.2) is 0 Å². The number of thiophene rings is 1. The van der Waals surface area contributed by atoms with Crippen LogP contribution in [0.2, 0.25) is 0 Å². The molecule has 1 amide bonds. The normalized spacial score (nSPS) is 16.3. The zero-order chi connectivity index (χ0) is 32.6. The van der Waals surface area contributed by atoms with Crippen molar-refractivity contribution in [2.45, 2.75) is 78.0 Å². The van der Waals surface area contributed by atoms with Crippen LogP contribution >= 0.6 is 22.7 Å². The minimum absolute atomic E-state index is 0.294. The highest BCUT2D eigenvalue weighted by Crippen LogP contribution is 2.47. The summed E-state index contributed by atoms with van der Waals surface area (Å²) in [7, 11) is 1.62. The van der Waals surface area contributed by atoms with Crippen molar-refractivity contribution in [3.05, 3.63) is 51.7 Å². The highest BCUT2D eigenvalue weighted by Gasteiger charge is 2.32. The lowest BCUT2D eigenvalue weighted by molar-refractivity contribution is 0.0225. The predicted octanol–water partition coefficient (Wildman–Crippen LogP) is 8.13. The summed E-state index contributed by atoms with van der Waals surface area (Å²) in [6.45, 7) is 13.9. The maximum atomic E-state index is 14.6. The van der Waals surface area contributed by atoms with Gasteiger partial charge in [-0.2, -0.15) is 0 Å². The third-order valence-corrected chi connectivity index (χ3v) is 10.6. The molecule has 246 valence electrons. The summed E-state index contributed by atoms with van der Waals surface area (Å²) in [5, 5.41) is 4.05. The van der Waals surface area contributed by atoms with E-state index in [1.54, 1.807) is 40.7 Å². The summed E-state index contributed by atoms with van der Waals surface area (Å²) in [4.78, 5) is 28.9. The van der Waals surface area contributed by atoms with Gasteiger partial charge in [0.1, 0.15) is 34.5 Å². The zero-order valence-corrected chi connectivity index (χ0v) is 29.2. The molecule has 8 nitrogen and oxygen atoms in total. The minimum atomic E-state index is -0.564. The summed E-state index contributed by atoms with van der Waals surface area (Å²) in [6, 6.07) is 7.39. The first-order valence-corrected chi connectivity index (χ1v) is 17.8. The Balaban J connectivity index is 1.47. The summed E-state index contributed by atoms with van der Waals surface area (Å²) >= 11 is 3.25. The Bertz CT molecular complexity index is 1700. The minimum Gasteiger partial charge on any atom is -0.490 e. The van der Waals surface area contributed by atoms with Crippen LogP contribution in [0.4, 0.5) is 9.18 Å². The molecule has 1 saturated heterocycles. The van der Waals surface area contributed by atoms with Gasteiger partial charge in [-0.05, 0) is 84.1 Å². The van der Waals surface area contributed by atoms with Crippen LogP contribution in [0.3, 0.4) is 0 Å². The molecular formula is C35H43FN4O4S2. The molecule has 0 unspecified atom stereocenters. The number of benzene rings is 1. The third-order valence-electron chi connectivity index (χ3n) is 8.63. The van der Waals surface area contributed by atoms with Crippen molar-refractivity contribution in [2.24, 2.45) is 0 Å². The fraction of sp³-hybridized carbons (Fsp3) is 0.514. The Morgan fingerprint density at radius 1 is 1.11 bits per heavy atom. The van der Waals surface area contributed by atoms with Crippen LogP contribution in [0.15, 0.2) is 29.6 Å². The van der Waals surface area contributed by atoms with Gasteiger partial charge in [0.05, 0.1) is 24.5 Å². The molecule has 0 spiro atoms. The van der Waals surface area contributed by atoms with Crippen LogP contribution in [0.25, 0.3) is 31.9 Å². The van der Waals surface area contributed by atoms with Crippen molar-refractivity contribution in [3.63, 3.8) is 0 Å². The van der Waals surface area contributed by atoms with Crippen molar-refractivity contribution < 1.29 is 23.4 Å². The lowest BCUT2D eigenvalue weighted by Gasteiger charge is -2.34. The van der Waals surface area contributed by atoms with Crippen molar-refractivity contribution in [3.8, 4) is 27.6 Å². The van der Waals surface area contributed by atoms with Crippen LogP contribution in [-0.4, -0.2) is 77.5 Å². The van der Waals surface area contributed by atoms with Gasteiger partial charge in [-0.15, -0.1) is 22.7 Å². The van der Waals surface area contributed by atoms with E-state index in [1.165, 1.54) is 12.1 Å². The fourth-order valence-electron chi connectivity index (χ4n) is 6.29. The van der Waals surface area contributed by atoms with E-state index in [2.05, 4.69) is 30.2 Å². The van der Waals surface area contributed by atoms with Gasteiger partial charge in [-0.3, -0.25) is 0 Å². The number of thiazole rings is 1. The Morgan fingerprint density at radius 3 is 2.61 bits per heavy atom. The molecule has 11 heteroatoms. The van der Waals surface area contributed by atoms with E-state index < -0.39 is 5.60 Å². The van der Waals surface area contributed by atoms with Gasteiger partial charge < -0.3 is 24.0 Å². The molecule has 0 aliphatic carbocycles. The smallest absolute Gasteiger partial charge is 0.410 e. The number of piperidine rings is 1. The molecule has 46 heavy (non-hydrogen) atoms. The van der Waals surface area contributed by atoms with Crippen molar-refractivity contribution in [1.29, 1.82) is 0 Å². The average Bonchev–Trinajstić information content (AvgIpc) is 3.67. The van der Waals surface area contributed by atoms with Crippen LogP contribution < -0.4 is 4.74 Å². The van der Waals surface area contributed by atoms with Crippen LogP contribution in [0, 0.1) is 5.82 Å². The number of pyridine rings is 1. The number of methoxy groups -OCH3 is 1. The Morgan fingerprint density at radius 2 is 1.89 bits per heavy atom. The Hall–Kier alpha value is -3.12. The molecule has 0 saturated carbocycles. The second kappa shape index (κ2) is 13.5. The number of hydrogen-bond acceptors (Lipinski definition) is 9. The van der Waals surface area contributed by atoms with Crippen molar-refractivity contribution >= 4 is 38.9 Å². The number of likely N-dealkylation sites (tertiary alicyclic amines) is 1. The second-order valence-electron chi connectivity index (χ2n) is 13.3. The number of carbonyl (C=O) groups excluding carboxylic acids is 1. The summed E-state index contributed by atoms with van der Waals surface area (Å²) in [5.74, 6) is 0.404. The van der Waals surface area contributed by atoms with E-state index in [9.17, 15) is 9.18 Å². The number of amides is 1.